The summed E-state index contributed by atoms with van der Waals surface area (Å²) in [5.41, 5.74) is 4.04. The fraction of sp³-hybridized carbons (Fsp3) is 0.192. The molecule has 187 valence electrons. The Morgan fingerprint density at radius 3 is 2.68 bits per heavy atom. The molecule has 0 bridgehead atoms. The smallest absolute Gasteiger partial charge is 0.255 e. The third-order valence-electron chi connectivity index (χ3n) is 6.08. The first kappa shape index (κ1) is 24.6. The van der Waals surface area contributed by atoms with Gasteiger partial charge in [-0.05, 0) is 60.0 Å². The molecule has 0 fully saturated rings. The van der Waals surface area contributed by atoms with Crippen LogP contribution in [0.15, 0.2) is 67.0 Å². The zero-order chi connectivity index (χ0) is 26.3. The standard InChI is InChI=1S/C26H22F3N6OSi/c1-26(37,17-4-3-5-18(27)12-17)32-24(36)20-14-34(2)21-7-6-15(10-19(20)21)16-8-9-35-23(11-16)31-25(33-35)30-13-22(28)29/h3-12,14,22H,13H2,1-2H3,(H,30,33)(H,32,36). The monoisotopic (exact) mass is 519 g/mol. The summed E-state index contributed by atoms with van der Waals surface area (Å²) in [4.78, 5) is 17.6. The quantitative estimate of drug-likeness (QED) is 0.311. The molecule has 5 aromatic rings. The third kappa shape index (κ3) is 4.94. The highest BCUT2D eigenvalue weighted by Crippen LogP contribution is 2.29. The van der Waals surface area contributed by atoms with E-state index in [-0.39, 0.29) is 11.9 Å². The number of nitrogens with one attached hydrogen (secondary N) is 2. The van der Waals surface area contributed by atoms with E-state index in [4.69, 9.17) is 0 Å². The van der Waals surface area contributed by atoms with Crippen molar-refractivity contribution in [3.63, 3.8) is 0 Å². The second-order valence-electron chi connectivity index (χ2n) is 8.90. The van der Waals surface area contributed by atoms with Crippen molar-refractivity contribution in [1.29, 1.82) is 0 Å². The number of nitrogens with zero attached hydrogens (tertiary/aromatic N) is 4. The van der Waals surface area contributed by atoms with Crippen LogP contribution in [0.3, 0.4) is 0 Å². The number of pyridine rings is 1. The number of aryl methyl sites for hydroxylation is 1. The maximum atomic E-state index is 13.8. The molecule has 0 saturated carbocycles. The van der Waals surface area contributed by atoms with E-state index in [9.17, 15) is 18.0 Å². The molecule has 0 spiro atoms. The predicted octanol–water partition coefficient (Wildman–Crippen LogP) is 4.48. The van der Waals surface area contributed by atoms with Crippen LogP contribution in [-0.2, 0) is 12.2 Å². The topological polar surface area (TPSA) is 76.2 Å². The maximum absolute atomic E-state index is 13.8. The Morgan fingerprint density at radius 1 is 1.14 bits per heavy atom. The average molecular weight is 520 g/mol. The second-order valence-corrected chi connectivity index (χ2v) is 9.90. The Morgan fingerprint density at radius 2 is 1.92 bits per heavy atom. The molecular weight excluding hydrogens is 497 g/mol. The zero-order valence-electron chi connectivity index (χ0n) is 20.0. The molecule has 2 N–H and O–H groups in total. The second kappa shape index (κ2) is 9.39. The van der Waals surface area contributed by atoms with Gasteiger partial charge in [0.25, 0.3) is 12.3 Å². The van der Waals surface area contributed by atoms with Crippen LogP contribution in [0.1, 0.15) is 22.8 Å². The van der Waals surface area contributed by atoms with Gasteiger partial charge in [-0.25, -0.2) is 17.7 Å². The van der Waals surface area contributed by atoms with Crippen LogP contribution in [0.25, 0.3) is 27.7 Å². The van der Waals surface area contributed by atoms with Crippen molar-refractivity contribution in [2.45, 2.75) is 18.5 Å². The number of carbonyl (C=O) groups excluding carboxylic acids is 1. The molecule has 3 heterocycles. The fourth-order valence-corrected chi connectivity index (χ4v) is 4.49. The van der Waals surface area contributed by atoms with E-state index in [1.165, 1.54) is 16.6 Å². The first-order valence-corrected chi connectivity index (χ1v) is 11.9. The highest BCUT2D eigenvalue weighted by molar-refractivity contribution is 6.18. The van der Waals surface area contributed by atoms with Gasteiger partial charge in [-0.15, -0.1) is 5.10 Å². The number of carbonyl (C=O) groups is 1. The van der Waals surface area contributed by atoms with Crippen molar-refractivity contribution in [2.24, 2.45) is 7.05 Å². The van der Waals surface area contributed by atoms with Crippen molar-refractivity contribution in [2.75, 3.05) is 11.9 Å². The number of hydrogen-bond donors (Lipinski definition) is 2. The van der Waals surface area contributed by atoms with Gasteiger partial charge in [0.1, 0.15) is 5.82 Å². The fourth-order valence-electron chi connectivity index (χ4n) is 4.22. The summed E-state index contributed by atoms with van der Waals surface area (Å²) < 4.78 is 42.1. The van der Waals surface area contributed by atoms with Crippen molar-refractivity contribution < 1.29 is 18.0 Å². The number of hydrogen-bond acceptors (Lipinski definition) is 4. The van der Waals surface area contributed by atoms with Crippen molar-refractivity contribution in [3.8, 4) is 11.1 Å². The summed E-state index contributed by atoms with van der Waals surface area (Å²) in [7, 11) is 5.44. The van der Waals surface area contributed by atoms with E-state index < -0.39 is 23.9 Å². The number of rotatable bonds is 7. The van der Waals surface area contributed by atoms with Gasteiger partial charge in [-0.2, -0.15) is 4.98 Å². The summed E-state index contributed by atoms with van der Waals surface area (Å²) in [6.07, 6.45) is 0.936. The lowest BCUT2D eigenvalue weighted by Gasteiger charge is -2.27. The Bertz CT molecular complexity index is 1630. The van der Waals surface area contributed by atoms with Gasteiger partial charge in [0.15, 0.2) is 5.65 Å². The summed E-state index contributed by atoms with van der Waals surface area (Å²) in [6, 6.07) is 15.4. The normalized spacial score (nSPS) is 13.3. The molecule has 1 amide bonds. The number of benzene rings is 2. The summed E-state index contributed by atoms with van der Waals surface area (Å²) in [5.74, 6) is -0.606. The van der Waals surface area contributed by atoms with Crippen LogP contribution >= 0.6 is 0 Å². The molecule has 0 aliphatic carbocycles. The van der Waals surface area contributed by atoms with Crippen molar-refractivity contribution in [3.05, 3.63) is 83.9 Å². The molecule has 11 heteroatoms. The van der Waals surface area contributed by atoms with E-state index in [0.717, 1.165) is 22.0 Å². The zero-order valence-corrected chi connectivity index (χ0v) is 21.0. The number of fused-ring (bicyclic) bond motifs is 2. The average Bonchev–Trinajstić information content (AvgIpc) is 3.42. The minimum absolute atomic E-state index is 0.117. The van der Waals surface area contributed by atoms with Crippen LogP contribution in [0, 0.1) is 5.82 Å². The largest absolute Gasteiger partial charge is 0.350 e. The SMILES string of the molecule is Cn1cc(C(=O)NC(C)([Si])c2cccc(F)c2)c2cc(-c3ccn4nc(NCC(F)F)nc4c3)ccc21. The van der Waals surface area contributed by atoms with Crippen LogP contribution in [0.2, 0.25) is 0 Å². The van der Waals surface area contributed by atoms with Crippen LogP contribution in [0.5, 0.6) is 0 Å². The molecule has 0 aliphatic rings. The number of alkyl halides is 2. The number of halogens is 3. The van der Waals surface area contributed by atoms with Crippen LogP contribution in [0.4, 0.5) is 19.1 Å². The molecule has 37 heavy (non-hydrogen) atoms. The van der Waals surface area contributed by atoms with Gasteiger partial charge in [0, 0.05) is 35.5 Å². The first-order valence-electron chi connectivity index (χ1n) is 11.4. The van der Waals surface area contributed by atoms with E-state index in [0.29, 0.717) is 16.8 Å². The maximum Gasteiger partial charge on any atom is 0.255 e. The molecule has 2 aromatic carbocycles. The van der Waals surface area contributed by atoms with Gasteiger partial charge in [0.05, 0.1) is 22.4 Å². The molecule has 3 radical (unpaired) electrons. The van der Waals surface area contributed by atoms with Gasteiger partial charge in [0.2, 0.25) is 5.95 Å². The van der Waals surface area contributed by atoms with Crippen molar-refractivity contribution >= 4 is 38.6 Å². The summed E-state index contributed by atoms with van der Waals surface area (Å²) >= 11 is 0. The first-order chi connectivity index (χ1) is 17.6. The van der Waals surface area contributed by atoms with Gasteiger partial charge in [-0.3, -0.25) is 4.79 Å². The van der Waals surface area contributed by atoms with Gasteiger partial charge < -0.3 is 15.2 Å². The minimum atomic E-state index is -2.51. The highest BCUT2D eigenvalue weighted by atomic mass is 28.1. The Labute approximate surface area is 213 Å². The summed E-state index contributed by atoms with van der Waals surface area (Å²) in [5, 5.41) is 9.34. The molecule has 0 saturated heterocycles. The van der Waals surface area contributed by atoms with E-state index in [1.54, 1.807) is 37.5 Å². The molecule has 1 unspecified atom stereocenters. The lowest BCUT2D eigenvalue weighted by molar-refractivity contribution is 0.0932. The lowest BCUT2D eigenvalue weighted by atomic mass is 10.0. The predicted molar refractivity (Wildman–Crippen MR) is 136 cm³/mol. The van der Waals surface area contributed by atoms with Gasteiger partial charge >= 0.3 is 0 Å². The molecule has 7 nitrogen and oxygen atoms in total. The Hall–Kier alpha value is -4.12. The molecule has 1 atom stereocenters. The lowest BCUT2D eigenvalue weighted by Crippen LogP contribution is -2.44. The van der Waals surface area contributed by atoms with Crippen LogP contribution < -0.4 is 10.6 Å². The van der Waals surface area contributed by atoms with Gasteiger partial charge in [-0.1, -0.05) is 18.2 Å². The highest BCUT2D eigenvalue weighted by Gasteiger charge is 2.26. The van der Waals surface area contributed by atoms with Crippen LogP contribution in [-0.4, -0.2) is 48.3 Å². The molecule has 3 aromatic heterocycles. The van der Waals surface area contributed by atoms with E-state index in [2.05, 4.69) is 31.0 Å². The molecule has 5 rings (SSSR count). The van der Waals surface area contributed by atoms with E-state index in [1.807, 2.05) is 35.9 Å². The summed E-state index contributed by atoms with van der Waals surface area (Å²) in [6.45, 7) is 1.21. The number of anilines is 1. The number of amides is 1. The van der Waals surface area contributed by atoms with E-state index >= 15 is 0 Å². The number of aromatic nitrogens is 4. The Kier molecular flexibility index (Phi) is 6.24. The molecular formula is C26H22F3N6OSi. The third-order valence-corrected chi connectivity index (χ3v) is 6.50. The van der Waals surface area contributed by atoms with Crippen molar-refractivity contribution in [1.82, 2.24) is 24.5 Å². The molecule has 0 aliphatic heterocycles. The Balaban J connectivity index is 1.47. The minimum Gasteiger partial charge on any atom is -0.350 e.